The van der Waals surface area contributed by atoms with Crippen molar-refractivity contribution in [2.24, 2.45) is 0 Å². The number of aryl methyl sites for hydroxylation is 1. The monoisotopic (exact) mass is 256 g/mol. The van der Waals surface area contributed by atoms with Gasteiger partial charge < -0.3 is 9.84 Å². The normalized spacial score (nSPS) is 11.9. The average molecular weight is 256 g/mol. The van der Waals surface area contributed by atoms with Crippen molar-refractivity contribution in [3.05, 3.63) is 65.2 Å². The van der Waals surface area contributed by atoms with Crippen molar-refractivity contribution in [2.75, 3.05) is 0 Å². The van der Waals surface area contributed by atoms with E-state index in [-0.39, 0.29) is 11.7 Å². The van der Waals surface area contributed by atoms with E-state index in [9.17, 15) is 4.79 Å². The second-order valence-corrected chi connectivity index (χ2v) is 4.46. The minimum atomic E-state index is -0.925. The zero-order chi connectivity index (χ0) is 13.8. The molecule has 1 unspecified atom stereocenters. The van der Waals surface area contributed by atoms with Gasteiger partial charge in [0.2, 0.25) is 0 Å². The summed E-state index contributed by atoms with van der Waals surface area (Å²) in [5.41, 5.74) is 2.18. The van der Waals surface area contributed by atoms with Crippen LogP contribution in [0, 0.1) is 6.92 Å². The molecule has 0 radical (unpaired) electrons. The van der Waals surface area contributed by atoms with Crippen molar-refractivity contribution in [3.63, 3.8) is 0 Å². The van der Waals surface area contributed by atoms with E-state index >= 15 is 0 Å². The van der Waals surface area contributed by atoms with Gasteiger partial charge in [0, 0.05) is 0 Å². The van der Waals surface area contributed by atoms with Gasteiger partial charge in [0.1, 0.15) is 11.9 Å². The number of hydrogen-bond acceptors (Lipinski definition) is 2. The van der Waals surface area contributed by atoms with E-state index in [1.807, 2.05) is 44.2 Å². The lowest BCUT2D eigenvalue weighted by molar-refractivity contribution is 0.0696. The molecule has 0 saturated heterocycles. The topological polar surface area (TPSA) is 46.5 Å². The van der Waals surface area contributed by atoms with Gasteiger partial charge in [-0.2, -0.15) is 0 Å². The van der Waals surface area contributed by atoms with Gasteiger partial charge in [-0.05, 0) is 43.2 Å². The summed E-state index contributed by atoms with van der Waals surface area (Å²) in [5, 5.41) is 8.92. The molecule has 1 N–H and O–H groups in total. The van der Waals surface area contributed by atoms with Crippen LogP contribution in [0.4, 0.5) is 0 Å². The largest absolute Gasteiger partial charge is 0.486 e. The van der Waals surface area contributed by atoms with Crippen LogP contribution in [0.3, 0.4) is 0 Å². The van der Waals surface area contributed by atoms with Crippen LogP contribution >= 0.6 is 0 Å². The molecule has 0 bridgehead atoms. The van der Waals surface area contributed by atoms with Crippen LogP contribution < -0.4 is 4.74 Å². The van der Waals surface area contributed by atoms with Crippen molar-refractivity contribution in [1.82, 2.24) is 0 Å². The highest BCUT2D eigenvalue weighted by Gasteiger charge is 2.10. The molecule has 2 aromatic rings. The number of aromatic carboxylic acids is 1. The van der Waals surface area contributed by atoms with E-state index in [1.165, 1.54) is 0 Å². The highest BCUT2D eigenvalue weighted by atomic mass is 16.5. The van der Waals surface area contributed by atoms with Crippen molar-refractivity contribution >= 4 is 5.97 Å². The van der Waals surface area contributed by atoms with E-state index in [2.05, 4.69) is 0 Å². The molecule has 3 heteroatoms. The number of carboxylic acids is 1. The number of hydrogen-bond donors (Lipinski definition) is 1. The van der Waals surface area contributed by atoms with Gasteiger partial charge in [-0.15, -0.1) is 0 Å². The Morgan fingerprint density at radius 2 is 1.84 bits per heavy atom. The molecule has 0 saturated carbocycles. The lowest BCUT2D eigenvalue weighted by Gasteiger charge is -2.17. The number of ether oxygens (including phenoxy) is 1. The molecule has 2 aromatic carbocycles. The maximum absolute atomic E-state index is 10.9. The van der Waals surface area contributed by atoms with Gasteiger partial charge in [-0.3, -0.25) is 0 Å². The van der Waals surface area contributed by atoms with Gasteiger partial charge in [-0.1, -0.05) is 30.3 Å². The molecular weight excluding hydrogens is 240 g/mol. The van der Waals surface area contributed by atoms with Gasteiger partial charge in [0.15, 0.2) is 0 Å². The predicted octanol–water partition coefficient (Wildman–Crippen LogP) is 3.83. The molecule has 0 aliphatic heterocycles. The Morgan fingerprint density at radius 3 is 2.42 bits per heavy atom. The molecule has 0 aliphatic rings. The molecule has 0 fully saturated rings. The smallest absolute Gasteiger partial charge is 0.335 e. The summed E-state index contributed by atoms with van der Waals surface area (Å²) in [4.78, 5) is 10.9. The van der Waals surface area contributed by atoms with Crippen LogP contribution in [0.15, 0.2) is 48.5 Å². The highest BCUT2D eigenvalue weighted by molar-refractivity contribution is 5.88. The molecule has 0 aliphatic carbocycles. The summed E-state index contributed by atoms with van der Waals surface area (Å²) in [6.07, 6.45) is -0.0735. The van der Waals surface area contributed by atoms with E-state index in [0.29, 0.717) is 5.75 Å². The van der Waals surface area contributed by atoms with Crippen LogP contribution in [-0.2, 0) is 0 Å². The van der Waals surface area contributed by atoms with Crippen LogP contribution in [0.1, 0.15) is 34.5 Å². The number of rotatable bonds is 4. The lowest BCUT2D eigenvalue weighted by Crippen LogP contribution is -2.05. The molecule has 19 heavy (non-hydrogen) atoms. The van der Waals surface area contributed by atoms with Gasteiger partial charge >= 0.3 is 5.97 Å². The number of carboxylic acid groups (broad SMARTS) is 1. The third-order valence-electron chi connectivity index (χ3n) is 2.99. The van der Waals surface area contributed by atoms with E-state index in [0.717, 1.165) is 11.1 Å². The van der Waals surface area contributed by atoms with Crippen molar-refractivity contribution in [1.29, 1.82) is 0 Å². The van der Waals surface area contributed by atoms with Gasteiger partial charge in [-0.25, -0.2) is 4.79 Å². The Hall–Kier alpha value is -2.29. The van der Waals surface area contributed by atoms with Gasteiger partial charge in [0.05, 0.1) is 5.56 Å². The second kappa shape index (κ2) is 5.57. The van der Waals surface area contributed by atoms with Crippen LogP contribution in [0.25, 0.3) is 0 Å². The molecule has 3 nitrogen and oxygen atoms in total. The summed E-state index contributed by atoms with van der Waals surface area (Å²) < 4.78 is 5.87. The van der Waals surface area contributed by atoms with Crippen molar-refractivity contribution in [3.8, 4) is 5.75 Å². The summed E-state index contributed by atoms with van der Waals surface area (Å²) in [5.74, 6) is -0.216. The average Bonchev–Trinajstić information content (AvgIpc) is 2.41. The molecule has 0 aromatic heterocycles. The Balaban J connectivity index is 2.18. The fourth-order valence-corrected chi connectivity index (χ4v) is 1.90. The zero-order valence-corrected chi connectivity index (χ0v) is 11.0. The number of carbonyl (C=O) groups is 1. The molecular formula is C16H16O3. The summed E-state index contributed by atoms with van der Waals surface area (Å²) >= 11 is 0. The Labute approximate surface area is 112 Å². The predicted molar refractivity (Wildman–Crippen MR) is 73.6 cm³/mol. The fourth-order valence-electron chi connectivity index (χ4n) is 1.90. The standard InChI is InChI=1S/C16H16O3/c1-11-10-14(16(17)18)8-9-15(11)19-12(2)13-6-4-3-5-7-13/h3-10,12H,1-2H3,(H,17,18). The summed E-state index contributed by atoms with van der Waals surface area (Å²) in [7, 11) is 0. The summed E-state index contributed by atoms with van der Waals surface area (Å²) in [6, 6.07) is 14.8. The third kappa shape index (κ3) is 3.13. The minimum Gasteiger partial charge on any atom is -0.486 e. The first-order valence-corrected chi connectivity index (χ1v) is 6.13. The molecule has 0 spiro atoms. The first-order valence-electron chi connectivity index (χ1n) is 6.13. The van der Waals surface area contributed by atoms with Crippen LogP contribution in [0.5, 0.6) is 5.75 Å². The number of benzene rings is 2. The van der Waals surface area contributed by atoms with E-state index in [1.54, 1.807) is 18.2 Å². The molecule has 98 valence electrons. The fraction of sp³-hybridized carbons (Fsp3) is 0.188. The Kier molecular flexibility index (Phi) is 3.85. The Morgan fingerprint density at radius 1 is 1.16 bits per heavy atom. The summed E-state index contributed by atoms with van der Waals surface area (Å²) in [6.45, 7) is 3.82. The van der Waals surface area contributed by atoms with Crippen LogP contribution in [-0.4, -0.2) is 11.1 Å². The lowest BCUT2D eigenvalue weighted by atomic mass is 10.1. The first-order chi connectivity index (χ1) is 9.08. The molecule has 2 rings (SSSR count). The van der Waals surface area contributed by atoms with Crippen LogP contribution in [0.2, 0.25) is 0 Å². The maximum atomic E-state index is 10.9. The zero-order valence-electron chi connectivity index (χ0n) is 11.0. The minimum absolute atomic E-state index is 0.0735. The van der Waals surface area contributed by atoms with Gasteiger partial charge in [0.25, 0.3) is 0 Å². The highest BCUT2D eigenvalue weighted by Crippen LogP contribution is 2.25. The van der Waals surface area contributed by atoms with Crippen molar-refractivity contribution in [2.45, 2.75) is 20.0 Å². The Bertz CT molecular complexity index is 576. The molecule has 0 heterocycles. The van der Waals surface area contributed by atoms with E-state index in [4.69, 9.17) is 9.84 Å². The molecule has 0 amide bonds. The maximum Gasteiger partial charge on any atom is 0.335 e. The molecule has 1 atom stereocenters. The SMILES string of the molecule is Cc1cc(C(=O)O)ccc1OC(C)c1ccccc1. The third-order valence-corrected chi connectivity index (χ3v) is 2.99. The quantitative estimate of drug-likeness (QED) is 0.904. The second-order valence-electron chi connectivity index (χ2n) is 4.46. The van der Waals surface area contributed by atoms with Crippen molar-refractivity contribution < 1.29 is 14.6 Å². The first kappa shape index (κ1) is 13.1. The van der Waals surface area contributed by atoms with E-state index < -0.39 is 5.97 Å².